The van der Waals surface area contributed by atoms with Crippen molar-refractivity contribution in [2.75, 3.05) is 10.7 Å². The number of anilines is 3. The summed E-state index contributed by atoms with van der Waals surface area (Å²) >= 11 is 0. The minimum absolute atomic E-state index is 0.0220. The van der Waals surface area contributed by atoms with Crippen molar-refractivity contribution in [1.82, 2.24) is 14.8 Å². The minimum atomic E-state index is -4.00. The molecule has 0 radical (unpaired) electrons. The Kier molecular flexibility index (Phi) is 6.22. The number of Topliss-reactive ketones (excluding diaryl/α,β-unsaturated/α-hetero) is 1. The normalized spacial score (nSPS) is 11.0. The van der Waals surface area contributed by atoms with Crippen molar-refractivity contribution in [3.05, 3.63) is 76.1 Å². The van der Waals surface area contributed by atoms with Crippen LogP contribution >= 0.6 is 0 Å². The van der Waals surface area contributed by atoms with Crippen LogP contribution in [-0.4, -0.2) is 29.1 Å². The molecule has 0 aliphatic heterocycles. The highest BCUT2D eigenvalue weighted by Crippen LogP contribution is 2.31. The second-order valence-electron chi connectivity index (χ2n) is 6.48. The van der Waals surface area contributed by atoms with Crippen molar-refractivity contribution in [2.24, 2.45) is 0 Å². The number of rotatable bonds is 8. The smallest absolute Gasteiger partial charge is 0.334 e. The van der Waals surface area contributed by atoms with Gasteiger partial charge < -0.3 is 5.32 Å². The Morgan fingerprint density at radius 3 is 2.19 bits per heavy atom. The Bertz CT molecular complexity index is 1230. The lowest BCUT2D eigenvalue weighted by atomic mass is 10.1. The molecule has 1 heterocycles. The molecular weight excluding hydrogens is 424 g/mol. The topological polar surface area (TPSA) is 156 Å². The first-order valence-corrected chi connectivity index (χ1v) is 10.4. The molecule has 11 nitrogen and oxygen atoms in total. The first-order valence-electron chi connectivity index (χ1n) is 8.89. The van der Waals surface area contributed by atoms with Gasteiger partial charge in [0.05, 0.1) is 9.82 Å². The van der Waals surface area contributed by atoms with E-state index in [-0.39, 0.29) is 22.3 Å². The van der Waals surface area contributed by atoms with Crippen LogP contribution in [0.15, 0.2) is 59.8 Å². The van der Waals surface area contributed by atoms with Gasteiger partial charge >= 0.3 is 5.69 Å². The molecule has 3 N–H and O–H groups in total. The van der Waals surface area contributed by atoms with Crippen molar-refractivity contribution in [3.63, 3.8) is 0 Å². The first kappa shape index (κ1) is 21.8. The number of aromatic nitrogens is 2. The molecule has 0 saturated heterocycles. The van der Waals surface area contributed by atoms with E-state index in [4.69, 9.17) is 0 Å². The van der Waals surface area contributed by atoms with E-state index in [1.165, 1.54) is 19.1 Å². The van der Waals surface area contributed by atoms with Crippen molar-refractivity contribution in [3.8, 4) is 0 Å². The molecule has 31 heavy (non-hydrogen) atoms. The highest BCUT2D eigenvalue weighted by Gasteiger charge is 2.25. The number of ketones is 1. The summed E-state index contributed by atoms with van der Waals surface area (Å²) in [6.07, 6.45) is 1.04. The van der Waals surface area contributed by atoms with Gasteiger partial charge in [0, 0.05) is 11.3 Å². The molecule has 1 aromatic heterocycles. The van der Waals surface area contributed by atoms with E-state index in [9.17, 15) is 23.3 Å². The second kappa shape index (κ2) is 8.85. The summed E-state index contributed by atoms with van der Waals surface area (Å²) in [7, 11) is -4.00. The van der Waals surface area contributed by atoms with E-state index in [1.54, 1.807) is 36.4 Å². The Morgan fingerprint density at radius 2 is 1.61 bits per heavy atom. The standard InChI is InChI=1S/C19H18N6O5S/c1-12-3-9-16(10-4-12)31(29,30)24-23-19-17(25(27)28)18(20-11-21-19)22-15-7-5-14(6-8-15)13(2)26/h3-11,24H,1-2H3,(H2,20,21,22,23). The fraction of sp³-hybridized carbons (Fsp3) is 0.105. The van der Waals surface area contributed by atoms with Crippen LogP contribution in [0.1, 0.15) is 22.8 Å². The van der Waals surface area contributed by atoms with Gasteiger partial charge in [-0.25, -0.2) is 18.4 Å². The molecule has 2 aromatic carbocycles. The monoisotopic (exact) mass is 442 g/mol. The van der Waals surface area contributed by atoms with E-state index in [0.717, 1.165) is 11.9 Å². The predicted molar refractivity (Wildman–Crippen MR) is 114 cm³/mol. The lowest BCUT2D eigenvalue weighted by molar-refractivity contribution is -0.383. The van der Waals surface area contributed by atoms with Gasteiger partial charge in [-0.15, -0.1) is 4.83 Å². The van der Waals surface area contributed by atoms with Crippen molar-refractivity contribution in [2.45, 2.75) is 18.7 Å². The van der Waals surface area contributed by atoms with E-state index >= 15 is 0 Å². The Labute approximate surface area is 177 Å². The third kappa shape index (κ3) is 5.18. The van der Waals surface area contributed by atoms with Crippen molar-refractivity contribution in [1.29, 1.82) is 0 Å². The molecule has 0 bridgehead atoms. The van der Waals surface area contributed by atoms with Gasteiger partial charge in [0.2, 0.25) is 11.6 Å². The number of hydrogen-bond donors (Lipinski definition) is 3. The van der Waals surface area contributed by atoms with Gasteiger partial charge in [0.1, 0.15) is 6.33 Å². The van der Waals surface area contributed by atoms with E-state index in [0.29, 0.717) is 11.3 Å². The van der Waals surface area contributed by atoms with Crippen LogP contribution in [0.5, 0.6) is 0 Å². The minimum Gasteiger partial charge on any atom is -0.334 e. The molecule has 12 heteroatoms. The van der Waals surface area contributed by atoms with Gasteiger partial charge in [0.25, 0.3) is 10.0 Å². The zero-order valence-electron chi connectivity index (χ0n) is 16.5. The fourth-order valence-electron chi connectivity index (χ4n) is 2.55. The molecule has 160 valence electrons. The van der Waals surface area contributed by atoms with Gasteiger partial charge in [-0.3, -0.25) is 20.3 Å². The van der Waals surface area contributed by atoms with Crippen molar-refractivity contribution < 1.29 is 18.1 Å². The van der Waals surface area contributed by atoms with Crippen LogP contribution in [-0.2, 0) is 10.0 Å². The number of aryl methyl sites for hydroxylation is 1. The number of hydrogen-bond acceptors (Lipinski definition) is 9. The molecule has 0 aliphatic rings. The quantitative estimate of drug-likeness (QED) is 0.271. The van der Waals surface area contributed by atoms with E-state index in [1.807, 2.05) is 6.92 Å². The molecule has 0 amide bonds. The summed E-state index contributed by atoms with van der Waals surface area (Å²) in [4.78, 5) is 32.0. The third-order valence-electron chi connectivity index (χ3n) is 4.19. The molecule has 3 rings (SSSR count). The lowest BCUT2D eigenvalue weighted by Gasteiger charge is -2.11. The van der Waals surface area contributed by atoms with Crippen LogP contribution in [0.4, 0.5) is 23.0 Å². The summed E-state index contributed by atoms with van der Waals surface area (Å²) in [5.41, 5.74) is 3.52. The van der Waals surface area contributed by atoms with Crippen LogP contribution < -0.4 is 15.6 Å². The maximum absolute atomic E-state index is 12.4. The number of hydrazine groups is 1. The Balaban J connectivity index is 1.85. The van der Waals surface area contributed by atoms with Gasteiger partial charge in [-0.2, -0.15) is 0 Å². The molecule has 0 aliphatic carbocycles. The number of nitro groups is 1. The molecule has 0 spiro atoms. The number of nitrogens with zero attached hydrogens (tertiary/aromatic N) is 3. The average Bonchev–Trinajstić information content (AvgIpc) is 2.73. The van der Waals surface area contributed by atoms with Crippen LogP contribution in [0.25, 0.3) is 0 Å². The summed E-state index contributed by atoms with van der Waals surface area (Å²) < 4.78 is 24.9. The first-order chi connectivity index (χ1) is 14.7. The largest absolute Gasteiger partial charge is 0.354 e. The molecule has 0 unspecified atom stereocenters. The van der Waals surface area contributed by atoms with E-state index < -0.39 is 20.6 Å². The molecule has 0 atom stereocenters. The molecular formula is C19H18N6O5S. The lowest BCUT2D eigenvalue weighted by Crippen LogP contribution is -2.30. The third-order valence-corrected chi connectivity index (χ3v) is 5.46. The number of nitrogens with one attached hydrogen (secondary N) is 3. The summed E-state index contributed by atoms with van der Waals surface area (Å²) in [5.74, 6) is -0.627. The summed E-state index contributed by atoms with van der Waals surface area (Å²) in [5, 5.41) is 14.4. The second-order valence-corrected chi connectivity index (χ2v) is 8.16. The summed E-state index contributed by atoms with van der Waals surface area (Å²) in [6, 6.07) is 12.3. The van der Waals surface area contributed by atoms with Crippen molar-refractivity contribution >= 4 is 38.8 Å². The molecule has 0 fully saturated rings. The van der Waals surface area contributed by atoms with Gasteiger partial charge in [-0.05, 0) is 50.2 Å². The predicted octanol–water partition coefficient (Wildman–Crippen LogP) is 2.94. The number of sulfonamides is 1. The highest BCUT2D eigenvalue weighted by molar-refractivity contribution is 7.89. The maximum Gasteiger partial charge on any atom is 0.354 e. The maximum atomic E-state index is 12.4. The Morgan fingerprint density at radius 1 is 1.00 bits per heavy atom. The zero-order valence-corrected chi connectivity index (χ0v) is 17.3. The van der Waals surface area contributed by atoms with Crippen LogP contribution in [0.2, 0.25) is 0 Å². The van der Waals surface area contributed by atoms with Gasteiger partial charge in [-0.1, -0.05) is 17.7 Å². The highest BCUT2D eigenvalue weighted by atomic mass is 32.2. The summed E-state index contributed by atoms with van der Waals surface area (Å²) in [6.45, 7) is 3.24. The molecule has 3 aromatic rings. The van der Waals surface area contributed by atoms with Crippen LogP contribution in [0, 0.1) is 17.0 Å². The number of benzene rings is 2. The Hall–Kier alpha value is -3.90. The van der Waals surface area contributed by atoms with E-state index in [2.05, 4.69) is 25.5 Å². The fourth-order valence-corrected chi connectivity index (χ4v) is 3.39. The SMILES string of the molecule is CC(=O)c1ccc(Nc2ncnc(NNS(=O)(=O)c3ccc(C)cc3)c2[N+](=O)[O-])cc1. The number of carbonyl (C=O) groups is 1. The average molecular weight is 442 g/mol. The zero-order chi connectivity index (χ0) is 22.6. The molecule has 0 saturated carbocycles. The number of carbonyl (C=O) groups excluding carboxylic acids is 1. The van der Waals surface area contributed by atoms with Crippen LogP contribution in [0.3, 0.4) is 0 Å². The van der Waals surface area contributed by atoms with Gasteiger partial charge in [0.15, 0.2) is 5.78 Å².